The number of hydrogen-bond acceptors (Lipinski definition) is 6. The van der Waals surface area contributed by atoms with Gasteiger partial charge in [0.15, 0.2) is 0 Å². The molecule has 1 heterocycles. The molecule has 12 atom stereocenters. The van der Waals surface area contributed by atoms with E-state index in [1.165, 1.54) is 5.57 Å². The lowest BCUT2D eigenvalue weighted by Gasteiger charge is -2.71. The summed E-state index contributed by atoms with van der Waals surface area (Å²) in [6.07, 6.45) is 5.03. The van der Waals surface area contributed by atoms with Crippen LogP contribution in [0.1, 0.15) is 86.5 Å². The Morgan fingerprint density at radius 1 is 0.944 bits per heavy atom. The summed E-state index contributed by atoms with van der Waals surface area (Å²) >= 11 is 0. The maximum Gasteiger partial charge on any atom is 0.315 e. The highest BCUT2D eigenvalue weighted by atomic mass is 16.6. The number of aliphatic hydroxyl groups excluding tert-OH is 4. The first-order chi connectivity index (χ1) is 16.6. The maximum absolute atomic E-state index is 13.6. The molecule has 4 N–H and O–H groups in total. The van der Waals surface area contributed by atoms with Crippen LogP contribution in [0.4, 0.5) is 0 Å². The second-order valence-corrected chi connectivity index (χ2v) is 15.1. The van der Waals surface area contributed by atoms with E-state index in [0.717, 1.165) is 32.1 Å². The van der Waals surface area contributed by atoms with Gasteiger partial charge in [-0.2, -0.15) is 0 Å². The van der Waals surface area contributed by atoms with E-state index >= 15 is 0 Å². The molecule has 4 saturated carbocycles. The summed E-state index contributed by atoms with van der Waals surface area (Å²) in [4.78, 5) is 13.6. The molecule has 6 aliphatic rings. The Morgan fingerprint density at radius 3 is 2.31 bits per heavy atom. The first-order valence-corrected chi connectivity index (χ1v) is 14.2. The van der Waals surface area contributed by atoms with Gasteiger partial charge in [0.05, 0.1) is 24.9 Å². The molecule has 2 bridgehead atoms. The quantitative estimate of drug-likeness (QED) is 0.322. The minimum atomic E-state index is -1.25. The van der Waals surface area contributed by atoms with Crippen molar-refractivity contribution in [1.29, 1.82) is 0 Å². The average Bonchev–Trinajstić information content (AvgIpc) is 3.14. The van der Waals surface area contributed by atoms with E-state index in [-0.39, 0.29) is 52.4 Å². The monoisotopic (exact) mass is 502 g/mol. The summed E-state index contributed by atoms with van der Waals surface area (Å²) in [6, 6.07) is 0. The minimum Gasteiger partial charge on any atom is -0.461 e. The van der Waals surface area contributed by atoms with Crippen molar-refractivity contribution in [2.45, 2.75) is 111 Å². The van der Waals surface area contributed by atoms with Crippen molar-refractivity contribution in [1.82, 2.24) is 0 Å². The number of rotatable bonds is 1. The molecule has 202 valence electrons. The highest BCUT2D eigenvalue weighted by Gasteiger charge is 2.78. The summed E-state index contributed by atoms with van der Waals surface area (Å²) in [5.41, 5.74) is -1.32. The van der Waals surface area contributed by atoms with Crippen molar-refractivity contribution >= 4 is 5.97 Å². The number of fused-ring (bicyclic) bond motifs is 8. The highest BCUT2D eigenvalue weighted by molar-refractivity contribution is 5.83. The number of allylic oxidation sites excluding steroid dienone is 1. The van der Waals surface area contributed by atoms with E-state index < -0.39 is 23.0 Å². The molecular weight excluding hydrogens is 456 g/mol. The number of ether oxygens (including phenoxy) is 1. The lowest BCUT2D eigenvalue weighted by Crippen LogP contribution is -2.69. The van der Waals surface area contributed by atoms with Gasteiger partial charge in [-0.3, -0.25) is 4.79 Å². The summed E-state index contributed by atoms with van der Waals surface area (Å²) in [5.74, 6) is 0.211. The van der Waals surface area contributed by atoms with Crippen molar-refractivity contribution in [3.63, 3.8) is 0 Å². The highest BCUT2D eigenvalue weighted by Crippen LogP contribution is 2.77. The average molecular weight is 503 g/mol. The first kappa shape index (κ1) is 25.3. The zero-order valence-electron chi connectivity index (χ0n) is 22.9. The molecular formula is C30H46O6. The molecule has 6 nitrogen and oxygen atoms in total. The normalized spacial score (nSPS) is 59.1. The number of carbonyl (C=O) groups excluding carboxylic acids is 1. The molecule has 6 rings (SSSR count). The van der Waals surface area contributed by atoms with Gasteiger partial charge in [0, 0.05) is 23.2 Å². The van der Waals surface area contributed by atoms with Gasteiger partial charge in [0.25, 0.3) is 0 Å². The van der Waals surface area contributed by atoms with E-state index in [1.807, 2.05) is 6.92 Å². The second-order valence-electron chi connectivity index (χ2n) is 15.1. The standard InChI is InChI=1S/C30H46O6/c1-25(2)18-9-12-28(5)19(27(18,4)11-10-20(25)32)8-7-16-17-13-26(3,15-31)22(33)23(34)30(17)14-21(29(16,28)6)36-24(30)35/h7,17-23,31-34H,8-15H2,1-6H3. The van der Waals surface area contributed by atoms with Gasteiger partial charge < -0.3 is 25.2 Å². The van der Waals surface area contributed by atoms with Crippen LogP contribution in [0.25, 0.3) is 0 Å². The van der Waals surface area contributed by atoms with Gasteiger partial charge in [-0.05, 0) is 66.6 Å². The topological polar surface area (TPSA) is 107 Å². The van der Waals surface area contributed by atoms with Gasteiger partial charge in [-0.1, -0.05) is 53.2 Å². The Kier molecular flexibility index (Phi) is 5.04. The number of esters is 1. The third-order valence-electron chi connectivity index (χ3n) is 13.8. The lowest BCUT2D eigenvalue weighted by atomic mass is 9.33. The van der Waals surface area contributed by atoms with Crippen molar-refractivity contribution in [3.8, 4) is 0 Å². The third-order valence-corrected chi connectivity index (χ3v) is 13.8. The molecule has 1 aliphatic heterocycles. The summed E-state index contributed by atoms with van der Waals surface area (Å²) in [5, 5.41) is 43.6. The van der Waals surface area contributed by atoms with Crippen LogP contribution in [0.3, 0.4) is 0 Å². The smallest absolute Gasteiger partial charge is 0.315 e. The Labute approximate surface area is 215 Å². The Bertz CT molecular complexity index is 1020. The van der Waals surface area contributed by atoms with Gasteiger partial charge >= 0.3 is 5.97 Å². The Morgan fingerprint density at radius 2 is 1.64 bits per heavy atom. The number of hydrogen-bond donors (Lipinski definition) is 4. The van der Waals surface area contributed by atoms with Crippen LogP contribution in [0.15, 0.2) is 11.6 Å². The Balaban J connectivity index is 1.50. The van der Waals surface area contributed by atoms with E-state index in [4.69, 9.17) is 4.74 Å². The lowest BCUT2D eigenvalue weighted by molar-refractivity contribution is -0.222. The zero-order valence-corrected chi connectivity index (χ0v) is 22.9. The fourth-order valence-corrected chi connectivity index (χ4v) is 11.2. The minimum absolute atomic E-state index is 0.0831. The molecule has 5 aliphatic carbocycles. The largest absolute Gasteiger partial charge is 0.461 e. The summed E-state index contributed by atoms with van der Waals surface area (Å²) in [7, 11) is 0. The van der Waals surface area contributed by atoms with Crippen LogP contribution in [-0.2, 0) is 9.53 Å². The predicted molar refractivity (Wildman–Crippen MR) is 135 cm³/mol. The Hall–Kier alpha value is -0.950. The van der Waals surface area contributed by atoms with Crippen LogP contribution >= 0.6 is 0 Å². The molecule has 12 unspecified atom stereocenters. The molecule has 0 aromatic carbocycles. The van der Waals surface area contributed by atoms with Crippen LogP contribution in [-0.4, -0.2) is 57.4 Å². The van der Waals surface area contributed by atoms with Crippen molar-refractivity contribution in [2.24, 2.45) is 50.2 Å². The van der Waals surface area contributed by atoms with Gasteiger partial charge in [-0.25, -0.2) is 0 Å². The molecule has 5 fully saturated rings. The summed E-state index contributed by atoms with van der Waals surface area (Å²) < 4.78 is 6.23. The van der Waals surface area contributed by atoms with Crippen molar-refractivity contribution < 1.29 is 30.0 Å². The van der Waals surface area contributed by atoms with E-state index in [2.05, 4.69) is 40.7 Å². The van der Waals surface area contributed by atoms with Gasteiger partial charge in [-0.15, -0.1) is 0 Å². The van der Waals surface area contributed by atoms with Crippen LogP contribution in [0.2, 0.25) is 0 Å². The molecule has 0 radical (unpaired) electrons. The molecule has 36 heavy (non-hydrogen) atoms. The van der Waals surface area contributed by atoms with E-state index in [9.17, 15) is 25.2 Å². The number of aliphatic hydroxyl groups is 4. The van der Waals surface area contributed by atoms with Crippen molar-refractivity contribution in [2.75, 3.05) is 6.61 Å². The molecule has 6 heteroatoms. The SMILES string of the molecule is CC1(CO)CC2C3=CCC4C5(C)CCC(O)C(C)(C)C5CCC4(C)C3(C)C3CC2(C(=O)O3)C(O)C1O. The molecule has 0 amide bonds. The van der Waals surface area contributed by atoms with Crippen molar-refractivity contribution in [3.05, 3.63) is 11.6 Å². The summed E-state index contributed by atoms with van der Waals surface area (Å²) in [6.45, 7) is 13.2. The molecule has 1 saturated heterocycles. The maximum atomic E-state index is 13.6. The first-order valence-electron chi connectivity index (χ1n) is 14.2. The van der Waals surface area contributed by atoms with E-state index in [1.54, 1.807) is 0 Å². The third kappa shape index (κ3) is 2.52. The number of carbonyl (C=O) groups is 1. The van der Waals surface area contributed by atoms with Crippen LogP contribution in [0, 0.1) is 50.2 Å². The second kappa shape index (κ2) is 7.16. The van der Waals surface area contributed by atoms with Gasteiger partial charge in [0.1, 0.15) is 11.5 Å². The fourth-order valence-electron chi connectivity index (χ4n) is 11.2. The predicted octanol–water partition coefficient (Wildman–Crippen LogP) is 3.60. The van der Waals surface area contributed by atoms with E-state index in [0.29, 0.717) is 24.7 Å². The van der Waals surface area contributed by atoms with Gasteiger partial charge in [0.2, 0.25) is 0 Å². The molecule has 0 aromatic rings. The zero-order chi connectivity index (χ0) is 26.3. The van der Waals surface area contributed by atoms with Crippen LogP contribution in [0.5, 0.6) is 0 Å². The fraction of sp³-hybridized carbons (Fsp3) is 0.900. The molecule has 1 spiro atoms. The van der Waals surface area contributed by atoms with Crippen LogP contribution < -0.4 is 0 Å². The molecule has 0 aromatic heterocycles.